The number of hydrogen-bond acceptors (Lipinski definition) is 3. The second kappa shape index (κ2) is 6.91. The predicted octanol–water partition coefficient (Wildman–Crippen LogP) is 3.97. The van der Waals surface area contributed by atoms with E-state index in [4.69, 9.17) is 16.3 Å². The molecule has 2 aromatic rings. The van der Waals surface area contributed by atoms with Crippen molar-refractivity contribution in [3.8, 4) is 0 Å². The number of halogens is 1. The summed E-state index contributed by atoms with van der Waals surface area (Å²) in [4.78, 5) is 12.6. The molecular weight excluding hydrogens is 348 g/mol. The highest BCUT2D eigenvalue weighted by Gasteiger charge is 2.40. The number of anilines is 1. The van der Waals surface area contributed by atoms with Crippen LogP contribution in [0, 0.1) is 0 Å². The Kier molecular flexibility index (Phi) is 4.97. The molecular formula is C20H21BClNO3. The van der Waals surface area contributed by atoms with E-state index in [2.05, 4.69) is 5.32 Å². The molecule has 1 aliphatic rings. The van der Waals surface area contributed by atoms with Crippen LogP contribution in [0.4, 0.5) is 5.69 Å². The number of rotatable bonds is 3. The molecule has 1 aliphatic heterocycles. The van der Waals surface area contributed by atoms with Crippen LogP contribution in [0.3, 0.4) is 0 Å². The van der Waals surface area contributed by atoms with Crippen LogP contribution in [0.5, 0.6) is 0 Å². The Morgan fingerprint density at radius 3 is 2.62 bits per heavy atom. The SMILES string of the molecule is CC(C)=Cc1ccc(C(=O)Nc2ccc3c(c2)B(O)OC3(C)C)c(Cl)c1. The van der Waals surface area contributed by atoms with Crippen molar-refractivity contribution >= 4 is 41.9 Å². The fourth-order valence-corrected chi connectivity index (χ4v) is 3.41. The summed E-state index contributed by atoms with van der Waals surface area (Å²) in [6.07, 6.45) is 2.00. The molecule has 0 atom stereocenters. The van der Waals surface area contributed by atoms with Crippen molar-refractivity contribution < 1.29 is 14.5 Å². The Hall–Kier alpha value is -2.08. The lowest BCUT2D eigenvalue weighted by Gasteiger charge is -2.19. The molecule has 0 spiro atoms. The molecule has 0 bridgehead atoms. The van der Waals surface area contributed by atoms with E-state index in [-0.39, 0.29) is 5.91 Å². The van der Waals surface area contributed by atoms with Crippen molar-refractivity contribution in [1.29, 1.82) is 0 Å². The summed E-state index contributed by atoms with van der Waals surface area (Å²) >= 11 is 6.28. The zero-order valence-electron chi connectivity index (χ0n) is 15.3. The number of nitrogens with one attached hydrogen (secondary N) is 1. The highest BCUT2D eigenvalue weighted by atomic mass is 35.5. The van der Waals surface area contributed by atoms with Crippen molar-refractivity contribution in [2.45, 2.75) is 33.3 Å². The van der Waals surface area contributed by atoms with Crippen LogP contribution in [-0.4, -0.2) is 18.0 Å². The maximum absolute atomic E-state index is 12.6. The minimum Gasteiger partial charge on any atom is -0.423 e. The van der Waals surface area contributed by atoms with Gasteiger partial charge in [0, 0.05) is 5.69 Å². The van der Waals surface area contributed by atoms with E-state index < -0.39 is 12.7 Å². The first-order valence-corrected chi connectivity index (χ1v) is 8.81. The monoisotopic (exact) mass is 369 g/mol. The number of fused-ring (bicyclic) bond motifs is 1. The summed E-state index contributed by atoms with van der Waals surface area (Å²) in [5, 5.41) is 13.3. The molecule has 0 saturated heterocycles. The van der Waals surface area contributed by atoms with Crippen molar-refractivity contribution in [2.24, 2.45) is 0 Å². The van der Waals surface area contributed by atoms with Crippen molar-refractivity contribution in [2.75, 3.05) is 5.32 Å². The highest BCUT2D eigenvalue weighted by molar-refractivity contribution is 6.62. The van der Waals surface area contributed by atoms with Gasteiger partial charge in [0.25, 0.3) is 5.91 Å². The Morgan fingerprint density at radius 2 is 1.96 bits per heavy atom. The minimum absolute atomic E-state index is 0.300. The summed E-state index contributed by atoms with van der Waals surface area (Å²) in [5.41, 5.74) is 4.10. The molecule has 6 heteroatoms. The fraction of sp³-hybridized carbons (Fsp3) is 0.250. The first-order valence-electron chi connectivity index (χ1n) is 8.43. The third kappa shape index (κ3) is 3.70. The predicted molar refractivity (Wildman–Crippen MR) is 107 cm³/mol. The maximum atomic E-state index is 12.6. The lowest BCUT2D eigenvalue weighted by atomic mass is 9.78. The Morgan fingerprint density at radius 1 is 1.23 bits per heavy atom. The van der Waals surface area contributed by atoms with Gasteiger partial charge in [0.1, 0.15) is 0 Å². The number of amides is 1. The van der Waals surface area contributed by atoms with E-state index >= 15 is 0 Å². The average Bonchev–Trinajstić information content (AvgIpc) is 2.75. The van der Waals surface area contributed by atoms with Gasteiger partial charge in [0.05, 0.1) is 16.2 Å². The molecule has 1 amide bonds. The van der Waals surface area contributed by atoms with Gasteiger partial charge < -0.3 is 15.0 Å². The Bertz CT molecular complexity index is 904. The third-order valence-corrected chi connectivity index (χ3v) is 4.64. The smallest absolute Gasteiger partial charge is 0.423 e. The van der Waals surface area contributed by atoms with E-state index in [1.165, 1.54) is 0 Å². The van der Waals surface area contributed by atoms with E-state index in [0.717, 1.165) is 16.7 Å². The molecule has 2 aromatic carbocycles. The van der Waals surface area contributed by atoms with Crippen LogP contribution in [0.25, 0.3) is 6.08 Å². The topological polar surface area (TPSA) is 58.6 Å². The van der Waals surface area contributed by atoms with Gasteiger partial charge >= 0.3 is 7.12 Å². The maximum Gasteiger partial charge on any atom is 0.492 e. The second-order valence-corrected chi connectivity index (χ2v) is 7.60. The van der Waals surface area contributed by atoms with Crippen LogP contribution in [-0.2, 0) is 10.3 Å². The van der Waals surface area contributed by atoms with Gasteiger partial charge in [-0.25, -0.2) is 0 Å². The molecule has 0 aromatic heterocycles. The van der Waals surface area contributed by atoms with Gasteiger partial charge in [-0.3, -0.25) is 4.79 Å². The van der Waals surface area contributed by atoms with E-state index in [9.17, 15) is 9.82 Å². The first-order chi connectivity index (χ1) is 12.2. The third-order valence-electron chi connectivity index (χ3n) is 4.32. The zero-order chi connectivity index (χ0) is 19.1. The normalized spacial score (nSPS) is 14.8. The molecule has 3 rings (SSSR count). The summed E-state index contributed by atoms with van der Waals surface area (Å²) in [6, 6.07) is 10.7. The Labute approximate surface area is 159 Å². The lowest BCUT2D eigenvalue weighted by molar-refractivity contribution is 0.101. The number of carbonyl (C=O) groups is 1. The second-order valence-electron chi connectivity index (χ2n) is 7.20. The van der Waals surface area contributed by atoms with Crippen LogP contribution in [0.2, 0.25) is 5.02 Å². The molecule has 2 N–H and O–H groups in total. The summed E-state index contributed by atoms with van der Waals surface area (Å²) < 4.78 is 5.54. The minimum atomic E-state index is -0.996. The quantitative estimate of drug-likeness (QED) is 0.805. The van der Waals surface area contributed by atoms with Crippen LogP contribution < -0.4 is 10.8 Å². The molecule has 0 unspecified atom stereocenters. The molecule has 4 nitrogen and oxygen atoms in total. The van der Waals surface area contributed by atoms with Crippen LogP contribution in [0.1, 0.15) is 49.2 Å². The van der Waals surface area contributed by atoms with E-state index in [0.29, 0.717) is 21.7 Å². The zero-order valence-corrected chi connectivity index (χ0v) is 16.0. The lowest BCUT2D eigenvalue weighted by Crippen LogP contribution is -2.29. The van der Waals surface area contributed by atoms with Crippen LogP contribution >= 0.6 is 11.6 Å². The largest absolute Gasteiger partial charge is 0.492 e. The molecule has 0 aliphatic carbocycles. The van der Waals surface area contributed by atoms with Gasteiger partial charge in [0.15, 0.2) is 0 Å². The molecule has 134 valence electrons. The van der Waals surface area contributed by atoms with Gasteiger partial charge in [-0.15, -0.1) is 0 Å². The molecule has 0 radical (unpaired) electrons. The van der Waals surface area contributed by atoms with Crippen molar-refractivity contribution in [1.82, 2.24) is 0 Å². The average molecular weight is 370 g/mol. The fourth-order valence-electron chi connectivity index (χ4n) is 3.14. The Balaban J connectivity index is 1.83. The van der Waals surface area contributed by atoms with Crippen LogP contribution in [0.15, 0.2) is 42.0 Å². The van der Waals surface area contributed by atoms with Gasteiger partial charge in [-0.2, -0.15) is 0 Å². The highest BCUT2D eigenvalue weighted by Crippen LogP contribution is 2.31. The molecule has 0 fully saturated rings. The first kappa shape index (κ1) is 18.7. The van der Waals surface area contributed by atoms with E-state index in [1.807, 2.05) is 45.9 Å². The number of hydrogen-bond donors (Lipinski definition) is 2. The number of carbonyl (C=O) groups excluding carboxylic acids is 1. The number of allylic oxidation sites excluding steroid dienone is 1. The van der Waals surface area contributed by atoms with E-state index in [1.54, 1.807) is 24.3 Å². The summed E-state index contributed by atoms with van der Waals surface area (Å²) in [7, 11) is -0.996. The molecule has 0 saturated carbocycles. The summed E-state index contributed by atoms with van der Waals surface area (Å²) in [6.45, 7) is 7.80. The standard InChI is InChI=1S/C20H21BClNO3/c1-12(2)9-13-5-7-15(18(22)10-13)19(24)23-14-6-8-16-17(11-14)21(25)26-20(16,3)4/h5-11,25H,1-4H3,(H,23,24). The molecule has 26 heavy (non-hydrogen) atoms. The number of benzene rings is 2. The molecule has 1 heterocycles. The van der Waals surface area contributed by atoms with Crippen molar-refractivity contribution in [3.05, 3.63) is 63.7 Å². The van der Waals surface area contributed by atoms with Crippen molar-refractivity contribution in [3.63, 3.8) is 0 Å². The summed E-state index contributed by atoms with van der Waals surface area (Å²) in [5.74, 6) is -0.300. The van der Waals surface area contributed by atoms with Gasteiger partial charge in [-0.05, 0) is 68.6 Å². The van der Waals surface area contributed by atoms with Gasteiger partial charge in [0.2, 0.25) is 0 Å². The van der Waals surface area contributed by atoms with Gasteiger partial charge in [-0.1, -0.05) is 35.4 Å².